The number of nitrogens with zero attached hydrogens (tertiary/aromatic N) is 4. The van der Waals surface area contributed by atoms with Crippen molar-refractivity contribution in [3.63, 3.8) is 0 Å². The molecule has 0 aliphatic heterocycles. The number of hydrogen-bond donors (Lipinski definition) is 1. The molecule has 0 spiro atoms. The fourth-order valence-corrected chi connectivity index (χ4v) is 2.12. The van der Waals surface area contributed by atoms with Gasteiger partial charge < -0.3 is 10.3 Å². The van der Waals surface area contributed by atoms with E-state index >= 15 is 0 Å². The first-order valence-electron chi connectivity index (χ1n) is 5.94. The Labute approximate surface area is 105 Å². The summed E-state index contributed by atoms with van der Waals surface area (Å²) in [6.45, 7) is 3.59. The highest BCUT2D eigenvalue weighted by molar-refractivity contribution is 5.78. The van der Waals surface area contributed by atoms with Crippen LogP contribution in [-0.2, 0) is 13.1 Å². The molecule has 0 fully saturated rings. The van der Waals surface area contributed by atoms with Crippen LogP contribution in [0.2, 0.25) is 0 Å². The molecule has 3 rings (SSSR count). The van der Waals surface area contributed by atoms with Crippen LogP contribution in [0, 0.1) is 6.92 Å². The molecule has 2 heterocycles. The van der Waals surface area contributed by atoms with Crippen LogP contribution in [-0.4, -0.2) is 19.3 Å². The summed E-state index contributed by atoms with van der Waals surface area (Å²) in [5.74, 6) is 0.556. The van der Waals surface area contributed by atoms with Crippen molar-refractivity contribution >= 4 is 17.0 Å². The van der Waals surface area contributed by atoms with Crippen molar-refractivity contribution in [2.75, 3.05) is 5.73 Å². The van der Waals surface area contributed by atoms with Crippen LogP contribution in [0.1, 0.15) is 5.56 Å². The van der Waals surface area contributed by atoms with Gasteiger partial charge in [-0.25, -0.2) is 4.98 Å². The molecule has 0 bridgehead atoms. The molecule has 1 aromatic carbocycles. The van der Waals surface area contributed by atoms with Crippen molar-refractivity contribution in [1.82, 2.24) is 19.3 Å². The molecule has 3 aromatic rings. The third kappa shape index (κ3) is 1.84. The Morgan fingerprint density at radius 2 is 2.06 bits per heavy atom. The van der Waals surface area contributed by atoms with Crippen molar-refractivity contribution in [2.45, 2.75) is 20.0 Å². The van der Waals surface area contributed by atoms with Crippen LogP contribution in [0.25, 0.3) is 11.0 Å². The molecule has 18 heavy (non-hydrogen) atoms. The van der Waals surface area contributed by atoms with Gasteiger partial charge in [-0.05, 0) is 24.6 Å². The monoisotopic (exact) mass is 241 g/mol. The number of aryl methyl sites for hydroxylation is 3. The van der Waals surface area contributed by atoms with Gasteiger partial charge in [0.2, 0.25) is 5.95 Å². The topological polar surface area (TPSA) is 61.7 Å². The van der Waals surface area contributed by atoms with Gasteiger partial charge in [0.05, 0.1) is 23.8 Å². The zero-order valence-electron chi connectivity index (χ0n) is 10.2. The Kier molecular flexibility index (Phi) is 2.51. The van der Waals surface area contributed by atoms with E-state index in [-0.39, 0.29) is 0 Å². The van der Waals surface area contributed by atoms with Crippen LogP contribution in [0.15, 0.2) is 36.7 Å². The standard InChI is InChI=1S/C13H15N5/c1-10-8-15-17(9-10)6-7-18-12-5-3-2-4-11(12)16-13(18)14/h2-5,8-9H,6-7H2,1H3,(H2,14,16). The van der Waals surface area contributed by atoms with Gasteiger partial charge in [-0.2, -0.15) is 5.10 Å². The average molecular weight is 241 g/mol. The minimum atomic E-state index is 0.556. The Bertz CT molecular complexity index is 680. The summed E-state index contributed by atoms with van der Waals surface area (Å²) < 4.78 is 3.94. The van der Waals surface area contributed by atoms with E-state index in [4.69, 9.17) is 5.73 Å². The fraction of sp³-hybridized carbons (Fsp3) is 0.231. The number of imidazole rings is 1. The molecule has 5 heteroatoms. The first-order chi connectivity index (χ1) is 8.74. The second-order valence-electron chi connectivity index (χ2n) is 4.39. The summed E-state index contributed by atoms with van der Waals surface area (Å²) in [7, 11) is 0. The number of benzene rings is 1. The molecule has 0 saturated carbocycles. The molecule has 2 aromatic heterocycles. The van der Waals surface area contributed by atoms with Gasteiger partial charge in [0.15, 0.2) is 0 Å². The first kappa shape index (κ1) is 10.8. The lowest BCUT2D eigenvalue weighted by atomic mass is 10.3. The van der Waals surface area contributed by atoms with Crippen LogP contribution in [0.3, 0.4) is 0 Å². The van der Waals surface area contributed by atoms with E-state index in [1.165, 1.54) is 5.56 Å². The van der Waals surface area contributed by atoms with Gasteiger partial charge in [0.1, 0.15) is 0 Å². The molecular formula is C13H15N5. The molecule has 0 unspecified atom stereocenters. The highest BCUT2D eigenvalue weighted by atomic mass is 15.3. The van der Waals surface area contributed by atoms with Gasteiger partial charge >= 0.3 is 0 Å². The Balaban J connectivity index is 1.88. The second-order valence-corrected chi connectivity index (χ2v) is 4.39. The van der Waals surface area contributed by atoms with E-state index in [0.717, 1.165) is 24.1 Å². The molecular weight excluding hydrogens is 226 g/mol. The summed E-state index contributed by atoms with van der Waals surface area (Å²) in [5, 5.41) is 4.27. The van der Waals surface area contributed by atoms with E-state index in [9.17, 15) is 0 Å². The van der Waals surface area contributed by atoms with E-state index in [0.29, 0.717) is 5.95 Å². The normalized spacial score (nSPS) is 11.2. The van der Waals surface area contributed by atoms with Crippen LogP contribution in [0.5, 0.6) is 0 Å². The predicted octanol–water partition coefficient (Wildman–Crippen LogP) is 1.82. The SMILES string of the molecule is Cc1cnn(CCn2c(N)nc3ccccc32)c1. The molecule has 92 valence electrons. The molecule has 0 aliphatic rings. The minimum absolute atomic E-state index is 0.556. The lowest BCUT2D eigenvalue weighted by Gasteiger charge is -2.06. The fourth-order valence-electron chi connectivity index (χ4n) is 2.12. The second kappa shape index (κ2) is 4.18. The number of rotatable bonds is 3. The molecule has 0 radical (unpaired) electrons. The van der Waals surface area contributed by atoms with Crippen molar-refractivity contribution < 1.29 is 0 Å². The highest BCUT2D eigenvalue weighted by Gasteiger charge is 2.07. The van der Waals surface area contributed by atoms with Gasteiger partial charge in [0, 0.05) is 12.7 Å². The number of nitrogen functional groups attached to an aromatic ring is 1. The van der Waals surface area contributed by atoms with Crippen LogP contribution < -0.4 is 5.73 Å². The first-order valence-corrected chi connectivity index (χ1v) is 5.94. The number of aromatic nitrogens is 4. The molecule has 0 atom stereocenters. The van der Waals surface area contributed by atoms with E-state index < -0.39 is 0 Å². The third-order valence-electron chi connectivity index (χ3n) is 3.00. The van der Waals surface area contributed by atoms with E-state index in [1.807, 2.05) is 52.8 Å². The number of para-hydroxylation sites is 2. The average Bonchev–Trinajstić information content (AvgIpc) is 2.90. The quantitative estimate of drug-likeness (QED) is 0.761. The lowest BCUT2D eigenvalue weighted by molar-refractivity contribution is 0.544. The van der Waals surface area contributed by atoms with Crippen LogP contribution >= 0.6 is 0 Å². The summed E-state index contributed by atoms with van der Waals surface area (Å²) in [6, 6.07) is 7.97. The lowest BCUT2D eigenvalue weighted by Crippen LogP contribution is -2.10. The summed E-state index contributed by atoms with van der Waals surface area (Å²) in [6.07, 6.45) is 3.88. The van der Waals surface area contributed by atoms with Crippen molar-refractivity contribution in [3.05, 3.63) is 42.2 Å². The van der Waals surface area contributed by atoms with Gasteiger partial charge in [0.25, 0.3) is 0 Å². The Morgan fingerprint density at radius 1 is 1.22 bits per heavy atom. The number of nitrogens with two attached hydrogens (primary N) is 1. The predicted molar refractivity (Wildman–Crippen MR) is 71.1 cm³/mol. The van der Waals surface area contributed by atoms with Crippen molar-refractivity contribution in [2.24, 2.45) is 0 Å². The summed E-state index contributed by atoms with van der Waals surface area (Å²) >= 11 is 0. The van der Waals surface area contributed by atoms with Gasteiger partial charge in [-0.15, -0.1) is 0 Å². The van der Waals surface area contributed by atoms with Gasteiger partial charge in [-0.1, -0.05) is 12.1 Å². The molecule has 5 nitrogen and oxygen atoms in total. The molecule has 0 saturated heterocycles. The Morgan fingerprint density at radius 3 is 2.83 bits per heavy atom. The third-order valence-corrected chi connectivity index (χ3v) is 3.00. The zero-order chi connectivity index (χ0) is 12.5. The summed E-state index contributed by atoms with van der Waals surface area (Å²) in [4.78, 5) is 4.34. The smallest absolute Gasteiger partial charge is 0.201 e. The van der Waals surface area contributed by atoms with Crippen molar-refractivity contribution in [1.29, 1.82) is 0 Å². The largest absolute Gasteiger partial charge is 0.369 e. The highest BCUT2D eigenvalue weighted by Crippen LogP contribution is 2.17. The maximum Gasteiger partial charge on any atom is 0.201 e. The number of anilines is 1. The number of hydrogen-bond acceptors (Lipinski definition) is 3. The maximum atomic E-state index is 5.94. The van der Waals surface area contributed by atoms with Crippen molar-refractivity contribution in [3.8, 4) is 0 Å². The van der Waals surface area contributed by atoms with E-state index in [1.54, 1.807) is 0 Å². The van der Waals surface area contributed by atoms with Crippen LogP contribution in [0.4, 0.5) is 5.95 Å². The minimum Gasteiger partial charge on any atom is -0.369 e. The summed E-state index contributed by atoms with van der Waals surface area (Å²) in [5.41, 5.74) is 9.12. The Hall–Kier alpha value is -2.30. The molecule has 0 aliphatic carbocycles. The van der Waals surface area contributed by atoms with E-state index in [2.05, 4.69) is 10.1 Å². The maximum absolute atomic E-state index is 5.94. The molecule has 0 amide bonds. The number of fused-ring (bicyclic) bond motifs is 1. The zero-order valence-corrected chi connectivity index (χ0v) is 10.2. The molecule has 2 N–H and O–H groups in total. The van der Waals surface area contributed by atoms with Gasteiger partial charge in [-0.3, -0.25) is 4.68 Å².